The Morgan fingerprint density at radius 1 is 1.13 bits per heavy atom. The van der Waals surface area contributed by atoms with Crippen LogP contribution in [-0.4, -0.2) is 57.8 Å². The maximum absolute atomic E-state index is 12.1. The highest BCUT2D eigenvalue weighted by molar-refractivity contribution is 7.90. The first-order chi connectivity index (χ1) is 14.2. The van der Waals surface area contributed by atoms with E-state index in [2.05, 4.69) is 5.32 Å². The van der Waals surface area contributed by atoms with Crippen LogP contribution < -0.4 is 15.8 Å². The number of sulfone groups is 1. The molecule has 0 unspecified atom stereocenters. The van der Waals surface area contributed by atoms with Crippen molar-refractivity contribution in [1.82, 2.24) is 10.2 Å². The second-order valence-electron chi connectivity index (χ2n) is 6.30. The van der Waals surface area contributed by atoms with E-state index in [4.69, 9.17) is 20.4 Å². The Morgan fingerprint density at radius 2 is 1.68 bits per heavy atom. The molecule has 0 aromatic heterocycles. The van der Waals surface area contributed by atoms with Crippen LogP contribution in [0, 0.1) is 5.41 Å². The Labute approximate surface area is 181 Å². The minimum absolute atomic E-state index is 0.0213. The van der Waals surface area contributed by atoms with Gasteiger partial charge in [-0.05, 0) is 29.8 Å². The zero-order valence-electron chi connectivity index (χ0n) is 17.1. The van der Waals surface area contributed by atoms with Crippen LogP contribution in [0.25, 0.3) is 0 Å². The normalized spacial score (nSPS) is 11.0. The van der Waals surface area contributed by atoms with Crippen LogP contribution in [-0.2, 0) is 26.5 Å². The Hall–Kier alpha value is -3.16. The van der Waals surface area contributed by atoms with Crippen LogP contribution in [0.15, 0.2) is 53.4 Å². The summed E-state index contributed by atoms with van der Waals surface area (Å²) in [5.41, 5.74) is 5.80. The van der Waals surface area contributed by atoms with Gasteiger partial charge in [-0.3, -0.25) is 14.9 Å². The second-order valence-corrected chi connectivity index (χ2v) is 9.75. The molecule has 0 saturated carbocycles. The standard InChI is InChI=1S/C17H20N4O4S.CH4O3S/c1-21(16(18)19)17(22)20-11-12-8-9-14(15(10-12)26(2,23)24)25-13-6-4-3-5-7-13;1-5(2,3)4/h3-10H,11H2,1-2H3,(H3,18,19)(H,20,22);1H3,(H,2,3,4). The number of guanidine groups is 1. The highest BCUT2D eigenvalue weighted by atomic mass is 32.2. The average Bonchev–Trinajstić information content (AvgIpc) is 2.65. The van der Waals surface area contributed by atoms with Crippen molar-refractivity contribution in [2.75, 3.05) is 19.6 Å². The third kappa shape index (κ3) is 9.93. The summed E-state index contributed by atoms with van der Waals surface area (Å²) in [6.45, 7) is 0.0740. The average molecular weight is 473 g/mol. The molecule has 0 aliphatic rings. The van der Waals surface area contributed by atoms with E-state index >= 15 is 0 Å². The lowest BCUT2D eigenvalue weighted by Crippen LogP contribution is -2.43. The van der Waals surface area contributed by atoms with Crippen LogP contribution in [0.5, 0.6) is 11.5 Å². The third-order valence-corrected chi connectivity index (χ3v) is 4.61. The van der Waals surface area contributed by atoms with Crippen LogP contribution in [0.4, 0.5) is 4.79 Å². The number of hydrogen-bond acceptors (Lipinski definition) is 7. The molecule has 31 heavy (non-hydrogen) atoms. The molecule has 13 heteroatoms. The number of rotatable bonds is 5. The molecular formula is C18H24N4O7S2. The summed E-state index contributed by atoms with van der Waals surface area (Å²) >= 11 is 0. The topological polar surface area (TPSA) is 180 Å². The van der Waals surface area contributed by atoms with Crippen LogP contribution in [0.3, 0.4) is 0 Å². The Morgan fingerprint density at radius 3 is 2.16 bits per heavy atom. The third-order valence-electron chi connectivity index (χ3n) is 3.49. The molecule has 0 aliphatic carbocycles. The molecule has 0 aliphatic heterocycles. The lowest BCUT2D eigenvalue weighted by Gasteiger charge is -2.16. The summed E-state index contributed by atoms with van der Waals surface area (Å²) in [4.78, 5) is 12.8. The molecule has 0 atom stereocenters. The van der Waals surface area contributed by atoms with E-state index in [0.29, 0.717) is 17.6 Å². The van der Waals surface area contributed by atoms with Gasteiger partial charge in [-0.2, -0.15) is 8.42 Å². The monoisotopic (exact) mass is 472 g/mol. The molecule has 0 fully saturated rings. The number of para-hydroxylation sites is 1. The van der Waals surface area contributed by atoms with Crippen molar-refractivity contribution < 1.29 is 30.9 Å². The maximum Gasteiger partial charge on any atom is 0.324 e. The molecule has 0 bridgehead atoms. The molecule has 2 aromatic carbocycles. The molecule has 0 radical (unpaired) electrons. The van der Waals surface area contributed by atoms with E-state index in [-0.39, 0.29) is 17.2 Å². The summed E-state index contributed by atoms with van der Waals surface area (Å²) in [6, 6.07) is 12.9. The number of ether oxygens (including phenoxy) is 1. The molecular weight excluding hydrogens is 448 g/mol. The molecule has 2 aromatic rings. The number of carbonyl (C=O) groups is 1. The summed E-state index contributed by atoms with van der Waals surface area (Å²) in [5.74, 6) is 0.321. The first-order valence-electron chi connectivity index (χ1n) is 8.52. The number of benzene rings is 2. The van der Waals surface area contributed by atoms with E-state index in [1.54, 1.807) is 36.4 Å². The van der Waals surface area contributed by atoms with Crippen LogP contribution in [0.1, 0.15) is 5.56 Å². The fourth-order valence-electron chi connectivity index (χ4n) is 2.06. The van der Waals surface area contributed by atoms with Crippen molar-refractivity contribution >= 4 is 31.9 Å². The first kappa shape index (κ1) is 25.9. The van der Waals surface area contributed by atoms with E-state index < -0.39 is 31.9 Å². The second kappa shape index (κ2) is 10.7. The van der Waals surface area contributed by atoms with E-state index in [1.165, 1.54) is 13.1 Å². The number of urea groups is 1. The molecule has 0 spiro atoms. The minimum atomic E-state index is -3.67. The number of nitrogens with zero attached hydrogens (tertiary/aromatic N) is 1. The number of nitrogens with two attached hydrogens (primary N) is 1. The molecule has 0 saturated heterocycles. The summed E-state index contributed by atoms with van der Waals surface area (Å²) in [6.07, 6.45) is 1.80. The van der Waals surface area contributed by atoms with Gasteiger partial charge in [0.1, 0.15) is 16.4 Å². The Balaban J connectivity index is 0.000000861. The lowest BCUT2D eigenvalue weighted by atomic mass is 10.2. The summed E-state index contributed by atoms with van der Waals surface area (Å²) < 4.78 is 55.8. The van der Waals surface area contributed by atoms with Crippen molar-refractivity contribution in [3.63, 3.8) is 0 Å². The van der Waals surface area contributed by atoms with Gasteiger partial charge in [0, 0.05) is 19.8 Å². The number of hydrogen-bond donors (Lipinski definition) is 4. The van der Waals surface area contributed by atoms with Gasteiger partial charge in [0.25, 0.3) is 10.1 Å². The maximum atomic E-state index is 12.1. The van der Waals surface area contributed by atoms with Gasteiger partial charge in [0.05, 0.1) is 6.26 Å². The van der Waals surface area contributed by atoms with Crippen molar-refractivity contribution in [2.24, 2.45) is 5.73 Å². The smallest absolute Gasteiger partial charge is 0.324 e. The first-order valence-corrected chi connectivity index (χ1v) is 12.3. The predicted octanol–water partition coefficient (Wildman–Crippen LogP) is 1.42. The highest BCUT2D eigenvalue weighted by Gasteiger charge is 2.17. The van der Waals surface area contributed by atoms with Gasteiger partial charge in [-0.25, -0.2) is 13.2 Å². The van der Waals surface area contributed by atoms with Gasteiger partial charge in [0.2, 0.25) is 0 Å². The zero-order valence-corrected chi connectivity index (χ0v) is 18.7. The van der Waals surface area contributed by atoms with Gasteiger partial charge in [-0.1, -0.05) is 24.3 Å². The van der Waals surface area contributed by atoms with Crippen LogP contribution >= 0.6 is 0 Å². The van der Waals surface area contributed by atoms with Crippen LogP contribution in [0.2, 0.25) is 0 Å². The van der Waals surface area contributed by atoms with Crippen molar-refractivity contribution in [1.29, 1.82) is 5.41 Å². The number of amides is 2. The van der Waals surface area contributed by atoms with Gasteiger partial charge in [-0.15, -0.1) is 0 Å². The molecule has 2 rings (SSSR count). The Kier molecular flexibility index (Phi) is 8.97. The quantitative estimate of drug-likeness (QED) is 0.286. The highest BCUT2D eigenvalue weighted by Crippen LogP contribution is 2.29. The van der Waals surface area contributed by atoms with Crippen molar-refractivity contribution in [3.8, 4) is 11.5 Å². The fourth-order valence-corrected chi connectivity index (χ4v) is 2.90. The zero-order chi connectivity index (χ0) is 23.8. The molecule has 170 valence electrons. The predicted molar refractivity (Wildman–Crippen MR) is 115 cm³/mol. The van der Waals surface area contributed by atoms with Gasteiger partial charge < -0.3 is 15.8 Å². The van der Waals surface area contributed by atoms with E-state index in [9.17, 15) is 21.6 Å². The molecule has 11 nitrogen and oxygen atoms in total. The van der Waals surface area contributed by atoms with E-state index in [1.807, 2.05) is 6.07 Å². The van der Waals surface area contributed by atoms with Gasteiger partial charge >= 0.3 is 6.03 Å². The van der Waals surface area contributed by atoms with E-state index in [0.717, 1.165) is 11.2 Å². The number of nitrogens with one attached hydrogen (secondary N) is 2. The SMILES string of the molecule is CN(C(=N)N)C(=O)NCc1ccc(Oc2ccccc2)c(S(C)(=O)=O)c1.CS(=O)(=O)O. The summed E-state index contributed by atoms with van der Waals surface area (Å²) in [5, 5.41) is 9.77. The number of carbonyl (C=O) groups excluding carboxylic acids is 1. The largest absolute Gasteiger partial charge is 0.456 e. The van der Waals surface area contributed by atoms with Crippen molar-refractivity contribution in [3.05, 3.63) is 54.1 Å². The minimum Gasteiger partial charge on any atom is -0.456 e. The van der Waals surface area contributed by atoms with Crippen molar-refractivity contribution in [2.45, 2.75) is 11.4 Å². The molecule has 2 amide bonds. The fraction of sp³-hybridized carbons (Fsp3) is 0.222. The Bertz CT molecular complexity index is 1130. The summed E-state index contributed by atoms with van der Waals surface area (Å²) in [7, 11) is -5.86. The van der Waals surface area contributed by atoms with Gasteiger partial charge in [0.15, 0.2) is 15.8 Å². The molecule has 5 N–H and O–H groups in total. The molecule has 0 heterocycles. The lowest BCUT2D eigenvalue weighted by molar-refractivity contribution is 0.225.